The molecule has 0 saturated heterocycles. The average molecular weight is 332 g/mol. The highest BCUT2D eigenvalue weighted by Gasteiger charge is 2.10. The minimum Gasteiger partial charge on any atom is -0.379 e. The second-order valence-corrected chi connectivity index (χ2v) is 5.88. The van der Waals surface area contributed by atoms with Gasteiger partial charge in [0.25, 0.3) is 5.91 Å². The molecule has 0 fully saturated rings. The first-order chi connectivity index (χ1) is 12.1. The van der Waals surface area contributed by atoms with Crippen molar-refractivity contribution in [1.29, 1.82) is 0 Å². The molecule has 1 amide bonds. The second kappa shape index (κ2) is 7.57. The van der Waals surface area contributed by atoms with Crippen molar-refractivity contribution < 1.29 is 4.79 Å². The Balaban J connectivity index is 1.69. The first kappa shape index (κ1) is 16.6. The summed E-state index contributed by atoms with van der Waals surface area (Å²) in [5, 5.41) is 6.17. The van der Waals surface area contributed by atoms with Crippen LogP contribution in [0.25, 0.3) is 0 Å². The maximum atomic E-state index is 12.5. The van der Waals surface area contributed by atoms with E-state index >= 15 is 0 Å². The van der Waals surface area contributed by atoms with Crippen LogP contribution in [0, 0.1) is 13.8 Å². The Morgan fingerprint density at radius 1 is 1.00 bits per heavy atom. The van der Waals surface area contributed by atoms with Gasteiger partial charge in [0.2, 0.25) is 0 Å². The van der Waals surface area contributed by atoms with Gasteiger partial charge in [0, 0.05) is 23.8 Å². The van der Waals surface area contributed by atoms with Crippen LogP contribution in [-0.4, -0.2) is 15.9 Å². The van der Waals surface area contributed by atoms with Crippen molar-refractivity contribution in [3.8, 4) is 0 Å². The van der Waals surface area contributed by atoms with Crippen molar-refractivity contribution in [1.82, 2.24) is 9.97 Å². The van der Waals surface area contributed by atoms with Gasteiger partial charge in [-0.3, -0.25) is 14.8 Å². The van der Waals surface area contributed by atoms with E-state index in [1.807, 2.05) is 56.3 Å². The lowest BCUT2D eigenvalue weighted by Gasteiger charge is -2.10. The van der Waals surface area contributed by atoms with Crippen LogP contribution in [0.5, 0.6) is 0 Å². The number of rotatable bonds is 5. The van der Waals surface area contributed by atoms with Gasteiger partial charge in [-0.2, -0.15) is 0 Å². The molecule has 25 heavy (non-hydrogen) atoms. The predicted molar refractivity (Wildman–Crippen MR) is 99.7 cm³/mol. The summed E-state index contributed by atoms with van der Waals surface area (Å²) in [5.74, 6) is -0.228. The van der Waals surface area contributed by atoms with Gasteiger partial charge in [0.15, 0.2) is 0 Å². The van der Waals surface area contributed by atoms with Gasteiger partial charge in [-0.1, -0.05) is 23.8 Å². The molecule has 0 atom stereocenters. The van der Waals surface area contributed by atoms with E-state index in [2.05, 4.69) is 20.6 Å². The van der Waals surface area contributed by atoms with E-state index in [1.54, 1.807) is 18.5 Å². The largest absolute Gasteiger partial charge is 0.379 e. The van der Waals surface area contributed by atoms with E-state index < -0.39 is 0 Å². The summed E-state index contributed by atoms with van der Waals surface area (Å²) in [6.45, 7) is 4.58. The topological polar surface area (TPSA) is 66.9 Å². The zero-order valence-electron chi connectivity index (χ0n) is 14.3. The number of hydrogen-bond donors (Lipinski definition) is 2. The minimum absolute atomic E-state index is 0.228. The highest BCUT2D eigenvalue weighted by molar-refractivity contribution is 6.03. The third-order valence-corrected chi connectivity index (χ3v) is 3.82. The van der Waals surface area contributed by atoms with Crippen molar-refractivity contribution in [3.63, 3.8) is 0 Å². The maximum absolute atomic E-state index is 12.5. The zero-order chi connectivity index (χ0) is 17.6. The van der Waals surface area contributed by atoms with Gasteiger partial charge < -0.3 is 10.6 Å². The van der Waals surface area contributed by atoms with Crippen LogP contribution < -0.4 is 10.6 Å². The van der Waals surface area contributed by atoms with Crippen molar-refractivity contribution >= 4 is 17.3 Å². The Hall–Kier alpha value is -3.21. The number of amides is 1. The molecule has 126 valence electrons. The van der Waals surface area contributed by atoms with Crippen molar-refractivity contribution in [2.24, 2.45) is 0 Å². The van der Waals surface area contributed by atoms with Crippen LogP contribution in [0.15, 0.2) is 60.9 Å². The van der Waals surface area contributed by atoms with Crippen molar-refractivity contribution in [3.05, 3.63) is 83.4 Å². The number of carbonyl (C=O) groups excluding carboxylic acids is 1. The van der Waals surface area contributed by atoms with Gasteiger partial charge in [0.1, 0.15) is 5.69 Å². The molecule has 5 nitrogen and oxygen atoms in total. The molecule has 0 aliphatic rings. The normalized spacial score (nSPS) is 10.3. The lowest BCUT2D eigenvalue weighted by molar-refractivity contribution is 0.102. The third kappa shape index (κ3) is 4.41. The van der Waals surface area contributed by atoms with Crippen LogP contribution in [0.3, 0.4) is 0 Å². The van der Waals surface area contributed by atoms with Gasteiger partial charge in [-0.05, 0) is 49.7 Å². The zero-order valence-corrected chi connectivity index (χ0v) is 14.3. The fourth-order valence-electron chi connectivity index (χ4n) is 2.50. The van der Waals surface area contributed by atoms with Crippen LogP contribution in [0.2, 0.25) is 0 Å². The molecule has 0 aliphatic carbocycles. The van der Waals surface area contributed by atoms with E-state index in [0.29, 0.717) is 12.2 Å². The molecule has 2 N–H and O–H groups in total. The van der Waals surface area contributed by atoms with E-state index in [4.69, 9.17) is 0 Å². The van der Waals surface area contributed by atoms with Crippen LogP contribution in [0.4, 0.5) is 11.4 Å². The van der Waals surface area contributed by atoms with Crippen molar-refractivity contribution in [2.45, 2.75) is 20.4 Å². The Kier molecular flexibility index (Phi) is 5.04. The molecule has 2 aromatic heterocycles. The Morgan fingerprint density at radius 2 is 1.88 bits per heavy atom. The minimum atomic E-state index is -0.228. The quantitative estimate of drug-likeness (QED) is 0.742. The SMILES string of the molecule is Cc1ccc(NC(=O)c2cc(NCc3ccccn3)ccn2)c(C)c1. The average Bonchev–Trinajstić information content (AvgIpc) is 2.63. The Bertz CT molecular complexity index is 878. The molecular weight excluding hydrogens is 312 g/mol. The first-order valence-electron chi connectivity index (χ1n) is 8.10. The molecule has 3 rings (SSSR count). The molecule has 0 spiro atoms. The molecule has 0 bridgehead atoms. The van der Waals surface area contributed by atoms with Gasteiger partial charge >= 0.3 is 0 Å². The number of anilines is 2. The number of nitrogens with one attached hydrogen (secondary N) is 2. The monoisotopic (exact) mass is 332 g/mol. The summed E-state index contributed by atoms with van der Waals surface area (Å²) < 4.78 is 0. The standard InChI is InChI=1S/C20H20N4O/c1-14-6-7-18(15(2)11-14)24-20(25)19-12-16(8-10-22-19)23-13-17-5-3-4-9-21-17/h3-12H,13H2,1-2H3,(H,22,23)(H,24,25). The van der Waals surface area contributed by atoms with E-state index in [0.717, 1.165) is 28.2 Å². The number of aromatic nitrogens is 2. The van der Waals surface area contributed by atoms with E-state index in [1.165, 1.54) is 0 Å². The molecule has 0 radical (unpaired) electrons. The number of carbonyl (C=O) groups is 1. The number of nitrogens with zero attached hydrogens (tertiary/aromatic N) is 2. The molecule has 5 heteroatoms. The molecule has 2 heterocycles. The number of pyridine rings is 2. The maximum Gasteiger partial charge on any atom is 0.274 e. The smallest absolute Gasteiger partial charge is 0.274 e. The Labute approximate surface area is 147 Å². The van der Waals surface area contributed by atoms with Crippen LogP contribution >= 0.6 is 0 Å². The fraction of sp³-hybridized carbons (Fsp3) is 0.150. The molecule has 3 aromatic rings. The van der Waals surface area contributed by atoms with Crippen LogP contribution in [-0.2, 0) is 6.54 Å². The van der Waals surface area contributed by atoms with Crippen LogP contribution in [0.1, 0.15) is 27.3 Å². The van der Waals surface area contributed by atoms with Gasteiger partial charge in [-0.15, -0.1) is 0 Å². The lowest BCUT2D eigenvalue weighted by atomic mass is 10.1. The second-order valence-electron chi connectivity index (χ2n) is 5.88. The number of benzene rings is 1. The van der Waals surface area contributed by atoms with Gasteiger partial charge in [-0.25, -0.2) is 0 Å². The highest BCUT2D eigenvalue weighted by atomic mass is 16.1. The molecule has 0 saturated carbocycles. The summed E-state index contributed by atoms with van der Waals surface area (Å²) in [5.41, 5.74) is 5.11. The first-order valence-corrected chi connectivity index (χ1v) is 8.10. The molecule has 0 aliphatic heterocycles. The Morgan fingerprint density at radius 3 is 2.64 bits per heavy atom. The molecule has 1 aromatic carbocycles. The summed E-state index contributed by atoms with van der Waals surface area (Å²) >= 11 is 0. The fourth-order valence-corrected chi connectivity index (χ4v) is 2.50. The van der Waals surface area contributed by atoms with Crippen molar-refractivity contribution in [2.75, 3.05) is 10.6 Å². The van der Waals surface area contributed by atoms with E-state index in [-0.39, 0.29) is 5.91 Å². The summed E-state index contributed by atoms with van der Waals surface area (Å²) in [4.78, 5) is 20.9. The summed E-state index contributed by atoms with van der Waals surface area (Å²) in [6, 6.07) is 15.3. The number of hydrogen-bond acceptors (Lipinski definition) is 4. The summed E-state index contributed by atoms with van der Waals surface area (Å²) in [6.07, 6.45) is 3.38. The predicted octanol–water partition coefficient (Wildman–Crippen LogP) is 3.96. The molecular formula is C20H20N4O. The highest BCUT2D eigenvalue weighted by Crippen LogP contribution is 2.17. The lowest BCUT2D eigenvalue weighted by Crippen LogP contribution is -2.15. The molecule has 0 unspecified atom stereocenters. The van der Waals surface area contributed by atoms with E-state index in [9.17, 15) is 4.79 Å². The third-order valence-electron chi connectivity index (χ3n) is 3.82. The summed E-state index contributed by atoms with van der Waals surface area (Å²) in [7, 11) is 0. The van der Waals surface area contributed by atoms with Gasteiger partial charge in [0.05, 0.1) is 12.2 Å². The number of aryl methyl sites for hydroxylation is 2.